The van der Waals surface area contributed by atoms with E-state index in [0.717, 1.165) is 0 Å². The van der Waals surface area contributed by atoms with Crippen LogP contribution in [-0.2, 0) is 14.6 Å². The molecule has 1 fully saturated rings. The lowest BCUT2D eigenvalue weighted by atomic mass is 9.83. The Balaban J connectivity index is 2.01. The molecule has 8 heteroatoms. The average Bonchev–Trinajstić information content (AvgIpc) is 2.49. The number of benzene rings is 1. The number of nitrogens with one attached hydrogen (secondary N) is 1. The highest BCUT2D eigenvalue weighted by molar-refractivity contribution is 7.91. The van der Waals surface area contributed by atoms with Gasteiger partial charge < -0.3 is 15.8 Å². The van der Waals surface area contributed by atoms with Crippen molar-refractivity contribution >= 4 is 27.5 Å². The molecular formula is C18H27ClN2O4S. The van der Waals surface area contributed by atoms with E-state index in [0.29, 0.717) is 24.3 Å². The number of nitrogens with two attached hydrogens (primary N) is 1. The Hall–Kier alpha value is -1.31. The minimum absolute atomic E-state index is 0.0533. The van der Waals surface area contributed by atoms with Gasteiger partial charge in [-0.3, -0.25) is 0 Å². The van der Waals surface area contributed by atoms with Gasteiger partial charge in [0.15, 0.2) is 9.84 Å². The second-order valence-electron chi connectivity index (χ2n) is 7.82. The number of ether oxygens (including phenoxy) is 1. The Morgan fingerprint density at radius 3 is 2.46 bits per heavy atom. The molecule has 26 heavy (non-hydrogen) atoms. The van der Waals surface area contributed by atoms with Crippen LogP contribution in [0.1, 0.15) is 40.0 Å². The van der Waals surface area contributed by atoms with Gasteiger partial charge in [0.1, 0.15) is 5.60 Å². The molecule has 2 rings (SSSR count). The topological polar surface area (TPSA) is 98.5 Å². The smallest absolute Gasteiger partial charge is 0.407 e. The van der Waals surface area contributed by atoms with Crippen LogP contribution in [0.3, 0.4) is 0 Å². The Morgan fingerprint density at radius 1 is 1.27 bits per heavy atom. The van der Waals surface area contributed by atoms with Crippen molar-refractivity contribution in [2.75, 3.05) is 5.75 Å². The van der Waals surface area contributed by atoms with Crippen LogP contribution in [0.25, 0.3) is 0 Å². The molecule has 1 aromatic rings. The highest BCUT2D eigenvalue weighted by Crippen LogP contribution is 2.27. The first-order chi connectivity index (χ1) is 12.0. The van der Waals surface area contributed by atoms with Crippen molar-refractivity contribution in [3.05, 3.63) is 29.3 Å². The summed E-state index contributed by atoms with van der Waals surface area (Å²) in [7, 11) is -3.47. The zero-order chi connectivity index (χ0) is 19.5. The zero-order valence-electron chi connectivity index (χ0n) is 15.4. The summed E-state index contributed by atoms with van der Waals surface area (Å²) in [5.74, 6) is -0.285. The summed E-state index contributed by atoms with van der Waals surface area (Å²) in [6, 6.07) is 5.76. The fourth-order valence-electron chi connectivity index (χ4n) is 3.10. The number of rotatable bonds is 4. The SMILES string of the molecule is CC(C)(C)OC(=O)N[C@@H]1CC[C@H](N)[C@H](CS(=O)(=O)c2ccc(Cl)cc2)C1. The van der Waals surface area contributed by atoms with Gasteiger partial charge in [0, 0.05) is 17.1 Å². The van der Waals surface area contributed by atoms with E-state index in [9.17, 15) is 13.2 Å². The summed E-state index contributed by atoms with van der Waals surface area (Å²) in [5.41, 5.74) is 5.58. The average molecular weight is 403 g/mol. The van der Waals surface area contributed by atoms with Gasteiger partial charge in [-0.2, -0.15) is 0 Å². The molecule has 1 aliphatic rings. The summed E-state index contributed by atoms with van der Waals surface area (Å²) in [5, 5.41) is 3.32. The number of alkyl carbamates (subject to hydrolysis) is 1. The number of carbonyl (C=O) groups is 1. The number of carbonyl (C=O) groups excluding carboxylic acids is 1. The summed E-state index contributed by atoms with van der Waals surface area (Å²) in [4.78, 5) is 12.2. The van der Waals surface area contributed by atoms with Crippen LogP contribution in [0.2, 0.25) is 5.02 Å². The molecule has 1 aliphatic carbocycles. The minimum atomic E-state index is -3.47. The van der Waals surface area contributed by atoms with Crippen LogP contribution in [0.15, 0.2) is 29.2 Å². The first kappa shape index (κ1) is 21.0. The maximum Gasteiger partial charge on any atom is 0.407 e. The Labute approximate surface area is 160 Å². The van der Waals surface area contributed by atoms with Crippen molar-refractivity contribution < 1.29 is 17.9 Å². The molecule has 1 aromatic carbocycles. The van der Waals surface area contributed by atoms with Crippen LogP contribution in [0, 0.1) is 5.92 Å². The molecule has 0 aromatic heterocycles. The van der Waals surface area contributed by atoms with Gasteiger partial charge in [-0.05, 0) is 70.2 Å². The van der Waals surface area contributed by atoms with Crippen molar-refractivity contribution in [2.45, 2.75) is 62.6 Å². The van der Waals surface area contributed by atoms with Gasteiger partial charge in [0.2, 0.25) is 0 Å². The molecule has 0 bridgehead atoms. The Bertz CT molecular complexity index is 729. The number of halogens is 1. The number of sulfone groups is 1. The number of amides is 1. The van der Waals surface area contributed by atoms with Crippen LogP contribution in [0.5, 0.6) is 0 Å². The fourth-order valence-corrected chi connectivity index (χ4v) is 4.92. The maximum atomic E-state index is 12.7. The fraction of sp³-hybridized carbons (Fsp3) is 0.611. The monoisotopic (exact) mass is 402 g/mol. The summed E-state index contributed by atoms with van der Waals surface area (Å²) in [6.45, 7) is 5.39. The molecule has 1 saturated carbocycles. The maximum absolute atomic E-state index is 12.7. The third-order valence-electron chi connectivity index (χ3n) is 4.37. The molecule has 146 valence electrons. The van der Waals surface area contributed by atoms with Gasteiger partial charge in [0.25, 0.3) is 0 Å². The molecule has 3 atom stereocenters. The van der Waals surface area contributed by atoms with E-state index in [1.165, 1.54) is 12.1 Å². The predicted molar refractivity (Wildman–Crippen MR) is 102 cm³/mol. The molecule has 1 amide bonds. The van der Waals surface area contributed by atoms with Gasteiger partial charge in [-0.25, -0.2) is 13.2 Å². The van der Waals surface area contributed by atoms with E-state index in [1.54, 1.807) is 32.9 Å². The van der Waals surface area contributed by atoms with Crippen molar-refractivity contribution in [1.29, 1.82) is 0 Å². The zero-order valence-corrected chi connectivity index (χ0v) is 16.9. The molecule has 3 N–H and O–H groups in total. The van der Waals surface area contributed by atoms with E-state index in [1.807, 2.05) is 0 Å². The normalized spacial score (nSPS) is 24.1. The second kappa shape index (κ2) is 8.15. The third kappa shape index (κ3) is 6.14. The van der Waals surface area contributed by atoms with Gasteiger partial charge in [-0.1, -0.05) is 11.6 Å². The Morgan fingerprint density at radius 2 is 1.88 bits per heavy atom. The summed E-state index contributed by atoms with van der Waals surface area (Å²) in [6.07, 6.45) is 1.38. The molecular weight excluding hydrogens is 376 g/mol. The van der Waals surface area contributed by atoms with Crippen LogP contribution < -0.4 is 11.1 Å². The predicted octanol–water partition coefficient (Wildman–Crippen LogP) is 3.13. The van der Waals surface area contributed by atoms with Crippen LogP contribution in [-0.4, -0.2) is 37.9 Å². The van der Waals surface area contributed by atoms with E-state index in [4.69, 9.17) is 22.1 Å². The van der Waals surface area contributed by atoms with E-state index in [2.05, 4.69) is 5.32 Å². The standard InChI is InChI=1S/C18H27ClN2O4S/c1-18(2,3)25-17(22)21-14-6-9-16(20)12(10-14)11-26(23,24)15-7-4-13(19)5-8-15/h4-5,7-8,12,14,16H,6,9-11,20H2,1-3H3,(H,21,22)/t12-,14+,16-/m0/s1. The lowest BCUT2D eigenvalue weighted by molar-refractivity contribution is 0.0483. The molecule has 0 heterocycles. The largest absolute Gasteiger partial charge is 0.444 e. The number of hydrogen-bond donors (Lipinski definition) is 2. The molecule has 0 aliphatic heterocycles. The molecule has 6 nitrogen and oxygen atoms in total. The molecule has 0 radical (unpaired) electrons. The highest BCUT2D eigenvalue weighted by Gasteiger charge is 2.33. The highest BCUT2D eigenvalue weighted by atomic mass is 35.5. The lowest BCUT2D eigenvalue weighted by Crippen LogP contribution is -2.48. The lowest BCUT2D eigenvalue weighted by Gasteiger charge is -2.34. The quantitative estimate of drug-likeness (QED) is 0.806. The Kier molecular flexibility index (Phi) is 6.58. The van der Waals surface area contributed by atoms with E-state index < -0.39 is 21.5 Å². The molecule has 0 unspecified atom stereocenters. The van der Waals surface area contributed by atoms with Crippen molar-refractivity contribution in [1.82, 2.24) is 5.32 Å². The van der Waals surface area contributed by atoms with Gasteiger partial charge in [0.05, 0.1) is 10.6 Å². The van der Waals surface area contributed by atoms with E-state index in [-0.39, 0.29) is 28.6 Å². The first-order valence-electron chi connectivity index (χ1n) is 8.70. The summed E-state index contributed by atoms with van der Waals surface area (Å²) < 4.78 is 30.6. The van der Waals surface area contributed by atoms with Gasteiger partial charge in [-0.15, -0.1) is 0 Å². The third-order valence-corrected chi connectivity index (χ3v) is 6.48. The molecule has 0 saturated heterocycles. The van der Waals surface area contributed by atoms with Crippen LogP contribution >= 0.6 is 11.6 Å². The van der Waals surface area contributed by atoms with Crippen molar-refractivity contribution in [2.24, 2.45) is 11.7 Å². The molecule has 0 spiro atoms. The minimum Gasteiger partial charge on any atom is -0.444 e. The second-order valence-corrected chi connectivity index (χ2v) is 10.3. The van der Waals surface area contributed by atoms with E-state index >= 15 is 0 Å². The van der Waals surface area contributed by atoms with Crippen molar-refractivity contribution in [3.63, 3.8) is 0 Å². The number of hydrogen-bond acceptors (Lipinski definition) is 5. The first-order valence-corrected chi connectivity index (χ1v) is 10.7. The van der Waals surface area contributed by atoms with Crippen molar-refractivity contribution in [3.8, 4) is 0 Å². The van der Waals surface area contributed by atoms with Gasteiger partial charge >= 0.3 is 6.09 Å². The summed E-state index contributed by atoms with van der Waals surface area (Å²) >= 11 is 5.82. The van der Waals surface area contributed by atoms with Crippen LogP contribution in [0.4, 0.5) is 4.79 Å².